The lowest BCUT2D eigenvalue weighted by Gasteiger charge is -2.32. The Morgan fingerprint density at radius 1 is 1.17 bits per heavy atom. The van der Waals surface area contributed by atoms with Gasteiger partial charge in [0.25, 0.3) is 0 Å². The van der Waals surface area contributed by atoms with E-state index in [1.54, 1.807) is 0 Å². The van der Waals surface area contributed by atoms with Gasteiger partial charge in [-0.2, -0.15) is 0 Å². The van der Waals surface area contributed by atoms with E-state index in [2.05, 4.69) is 29.1 Å². The van der Waals surface area contributed by atoms with E-state index in [1.165, 1.54) is 71.5 Å². The summed E-state index contributed by atoms with van der Waals surface area (Å²) in [5, 5.41) is 3.54. The first-order valence-electron chi connectivity index (χ1n) is 7.85. The summed E-state index contributed by atoms with van der Waals surface area (Å²) < 4.78 is 0. The molecule has 2 saturated heterocycles. The van der Waals surface area contributed by atoms with Crippen LogP contribution in [0.5, 0.6) is 0 Å². The minimum atomic E-state index is 0.808. The lowest BCUT2D eigenvalue weighted by molar-refractivity contribution is 0.169. The summed E-state index contributed by atoms with van der Waals surface area (Å²) in [6, 6.07) is 0. The molecule has 1 unspecified atom stereocenters. The fourth-order valence-corrected chi connectivity index (χ4v) is 3.29. The van der Waals surface area contributed by atoms with Crippen LogP contribution in [0.4, 0.5) is 0 Å². The third-order valence-electron chi connectivity index (χ3n) is 4.58. The molecule has 106 valence electrons. The summed E-state index contributed by atoms with van der Waals surface area (Å²) in [4.78, 5) is 5.18. The number of piperidine rings is 1. The second kappa shape index (κ2) is 7.46. The maximum absolute atomic E-state index is 3.54. The van der Waals surface area contributed by atoms with Gasteiger partial charge in [0.15, 0.2) is 0 Å². The summed E-state index contributed by atoms with van der Waals surface area (Å²) in [5.74, 6) is 1.79. The molecule has 0 saturated carbocycles. The monoisotopic (exact) mass is 253 g/mol. The van der Waals surface area contributed by atoms with Crippen molar-refractivity contribution >= 4 is 0 Å². The number of nitrogens with zero attached hydrogens (tertiary/aromatic N) is 2. The lowest BCUT2D eigenvalue weighted by atomic mass is 9.93. The van der Waals surface area contributed by atoms with Gasteiger partial charge in [-0.15, -0.1) is 0 Å². The average molecular weight is 253 g/mol. The van der Waals surface area contributed by atoms with E-state index in [-0.39, 0.29) is 0 Å². The maximum atomic E-state index is 3.54. The molecule has 0 amide bonds. The SMILES string of the molecule is CC1CNCCCN(CCC2CCN(C)CC2)C1. The summed E-state index contributed by atoms with van der Waals surface area (Å²) in [5.41, 5.74) is 0. The lowest BCUT2D eigenvalue weighted by Crippen LogP contribution is -2.40. The van der Waals surface area contributed by atoms with Crippen LogP contribution < -0.4 is 5.32 Å². The molecule has 0 aromatic rings. The Morgan fingerprint density at radius 2 is 1.94 bits per heavy atom. The van der Waals surface area contributed by atoms with Gasteiger partial charge in [-0.25, -0.2) is 0 Å². The molecular formula is C15H31N3. The molecule has 2 aliphatic rings. The van der Waals surface area contributed by atoms with Crippen molar-refractivity contribution in [1.29, 1.82) is 0 Å². The normalized spacial score (nSPS) is 30.0. The smallest absolute Gasteiger partial charge is 0.00192 e. The van der Waals surface area contributed by atoms with Crippen molar-refractivity contribution in [1.82, 2.24) is 15.1 Å². The van der Waals surface area contributed by atoms with Gasteiger partial charge in [-0.1, -0.05) is 6.92 Å². The van der Waals surface area contributed by atoms with Gasteiger partial charge in [0, 0.05) is 6.54 Å². The van der Waals surface area contributed by atoms with Crippen molar-refractivity contribution in [2.75, 3.05) is 52.9 Å². The van der Waals surface area contributed by atoms with Crippen LogP contribution in [-0.2, 0) is 0 Å². The van der Waals surface area contributed by atoms with E-state index >= 15 is 0 Å². The van der Waals surface area contributed by atoms with Crippen molar-refractivity contribution in [3.63, 3.8) is 0 Å². The molecule has 2 fully saturated rings. The zero-order chi connectivity index (χ0) is 12.8. The molecule has 1 atom stereocenters. The molecule has 2 aliphatic heterocycles. The highest BCUT2D eigenvalue weighted by molar-refractivity contribution is 4.74. The minimum Gasteiger partial charge on any atom is -0.316 e. The van der Waals surface area contributed by atoms with Crippen LogP contribution in [0.25, 0.3) is 0 Å². The third kappa shape index (κ3) is 4.87. The molecular weight excluding hydrogens is 222 g/mol. The van der Waals surface area contributed by atoms with E-state index in [1.807, 2.05) is 0 Å². The fraction of sp³-hybridized carbons (Fsp3) is 1.00. The van der Waals surface area contributed by atoms with Gasteiger partial charge in [0.1, 0.15) is 0 Å². The molecule has 2 heterocycles. The van der Waals surface area contributed by atoms with Gasteiger partial charge in [0.05, 0.1) is 0 Å². The molecule has 0 radical (unpaired) electrons. The Bertz CT molecular complexity index is 224. The number of likely N-dealkylation sites (tertiary alicyclic amines) is 1. The fourth-order valence-electron chi connectivity index (χ4n) is 3.29. The van der Waals surface area contributed by atoms with Crippen molar-refractivity contribution in [2.24, 2.45) is 11.8 Å². The van der Waals surface area contributed by atoms with Gasteiger partial charge >= 0.3 is 0 Å². The van der Waals surface area contributed by atoms with Crippen molar-refractivity contribution in [3.05, 3.63) is 0 Å². The van der Waals surface area contributed by atoms with Gasteiger partial charge < -0.3 is 15.1 Å². The van der Waals surface area contributed by atoms with Gasteiger partial charge in [0.2, 0.25) is 0 Å². The second-order valence-electron chi connectivity index (χ2n) is 6.50. The number of hydrogen-bond donors (Lipinski definition) is 1. The number of rotatable bonds is 3. The average Bonchev–Trinajstić information content (AvgIpc) is 2.34. The highest BCUT2D eigenvalue weighted by Crippen LogP contribution is 2.20. The van der Waals surface area contributed by atoms with Crippen LogP contribution in [-0.4, -0.2) is 62.7 Å². The number of hydrogen-bond acceptors (Lipinski definition) is 3. The van der Waals surface area contributed by atoms with Crippen molar-refractivity contribution < 1.29 is 0 Å². The Labute approximate surface area is 113 Å². The summed E-state index contributed by atoms with van der Waals surface area (Å²) >= 11 is 0. The van der Waals surface area contributed by atoms with Gasteiger partial charge in [-0.05, 0) is 83.8 Å². The molecule has 0 bridgehead atoms. The Kier molecular flexibility index (Phi) is 5.93. The maximum Gasteiger partial charge on any atom is 0.00192 e. The molecule has 0 spiro atoms. The van der Waals surface area contributed by atoms with Crippen LogP contribution in [0, 0.1) is 11.8 Å². The predicted molar refractivity (Wildman–Crippen MR) is 77.9 cm³/mol. The van der Waals surface area contributed by atoms with Crippen LogP contribution in [0.15, 0.2) is 0 Å². The first kappa shape index (κ1) is 14.3. The van der Waals surface area contributed by atoms with E-state index in [9.17, 15) is 0 Å². The molecule has 1 N–H and O–H groups in total. The standard InChI is InChI=1S/C15H31N3/c1-14-12-16-7-3-8-18(13-14)11-6-15-4-9-17(2)10-5-15/h14-16H,3-13H2,1-2H3. The highest BCUT2D eigenvalue weighted by atomic mass is 15.1. The van der Waals surface area contributed by atoms with E-state index < -0.39 is 0 Å². The Balaban J connectivity index is 1.67. The van der Waals surface area contributed by atoms with E-state index in [4.69, 9.17) is 0 Å². The number of nitrogens with one attached hydrogen (secondary N) is 1. The molecule has 2 rings (SSSR count). The van der Waals surface area contributed by atoms with Crippen molar-refractivity contribution in [2.45, 2.75) is 32.6 Å². The highest BCUT2D eigenvalue weighted by Gasteiger charge is 2.19. The second-order valence-corrected chi connectivity index (χ2v) is 6.50. The van der Waals surface area contributed by atoms with Crippen LogP contribution in [0.2, 0.25) is 0 Å². The molecule has 18 heavy (non-hydrogen) atoms. The van der Waals surface area contributed by atoms with Gasteiger partial charge in [-0.3, -0.25) is 0 Å². The summed E-state index contributed by atoms with van der Waals surface area (Å²) in [6.45, 7) is 11.3. The summed E-state index contributed by atoms with van der Waals surface area (Å²) in [6.07, 6.45) is 5.58. The zero-order valence-electron chi connectivity index (χ0n) is 12.3. The van der Waals surface area contributed by atoms with Crippen LogP contribution >= 0.6 is 0 Å². The Hall–Kier alpha value is -0.120. The van der Waals surface area contributed by atoms with Crippen molar-refractivity contribution in [3.8, 4) is 0 Å². The molecule has 3 nitrogen and oxygen atoms in total. The topological polar surface area (TPSA) is 18.5 Å². The molecule has 0 aliphatic carbocycles. The first-order chi connectivity index (χ1) is 8.74. The minimum absolute atomic E-state index is 0.808. The van der Waals surface area contributed by atoms with E-state index in [0.717, 1.165) is 11.8 Å². The molecule has 0 aromatic heterocycles. The largest absolute Gasteiger partial charge is 0.316 e. The third-order valence-corrected chi connectivity index (χ3v) is 4.58. The summed E-state index contributed by atoms with van der Waals surface area (Å²) in [7, 11) is 2.25. The predicted octanol–water partition coefficient (Wildman–Crippen LogP) is 1.65. The molecule has 3 heteroatoms. The molecule has 0 aromatic carbocycles. The van der Waals surface area contributed by atoms with Crippen LogP contribution in [0.3, 0.4) is 0 Å². The quantitative estimate of drug-likeness (QED) is 0.825. The first-order valence-corrected chi connectivity index (χ1v) is 7.85. The zero-order valence-corrected chi connectivity index (χ0v) is 12.3. The van der Waals surface area contributed by atoms with Crippen LogP contribution in [0.1, 0.15) is 32.6 Å². The van der Waals surface area contributed by atoms with E-state index in [0.29, 0.717) is 0 Å². The Morgan fingerprint density at radius 3 is 2.72 bits per heavy atom.